The summed E-state index contributed by atoms with van der Waals surface area (Å²) >= 11 is 0. The third-order valence-corrected chi connectivity index (χ3v) is 5.69. The van der Waals surface area contributed by atoms with Crippen LogP contribution in [0.2, 0.25) is 0 Å². The molecular weight excluding hydrogens is 461 g/mol. The van der Waals surface area contributed by atoms with E-state index < -0.39 is 0 Å². The summed E-state index contributed by atoms with van der Waals surface area (Å²) < 4.78 is 6.90. The van der Waals surface area contributed by atoms with E-state index in [9.17, 15) is 4.79 Å². The van der Waals surface area contributed by atoms with E-state index in [2.05, 4.69) is 31.3 Å². The van der Waals surface area contributed by atoms with E-state index in [0.717, 1.165) is 35.2 Å². The average molecular weight is 493 g/mol. The molecule has 0 radical (unpaired) electrons. The first-order valence-electron chi connectivity index (χ1n) is 10.2. The molecule has 0 aromatic heterocycles. The SMILES string of the molecule is C[N+]1(CCC(=O)CCc2ccc(OCc3ccccc3)cc2)CCCCC1.[I-]. The molecule has 28 heavy (non-hydrogen) atoms. The normalized spacial score (nSPS) is 15.5. The van der Waals surface area contributed by atoms with Crippen LogP contribution in [0.3, 0.4) is 0 Å². The zero-order valence-electron chi connectivity index (χ0n) is 16.9. The summed E-state index contributed by atoms with van der Waals surface area (Å²) in [6.07, 6.45) is 6.15. The second kappa shape index (κ2) is 11.6. The monoisotopic (exact) mass is 493 g/mol. The lowest BCUT2D eigenvalue weighted by Gasteiger charge is -2.37. The lowest BCUT2D eigenvalue weighted by atomic mass is 10.0. The van der Waals surface area contributed by atoms with Crippen LogP contribution in [0.4, 0.5) is 0 Å². The number of aryl methyl sites for hydroxylation is 1. The predicted molar refractivity (Wildman–Crippen MR) is 110 cm³/mol. The van der Waals surface area contributed by atoms with E-state index >= 15 is 0 Å². The van der Waals surface area contributed by atoms with Gasteiger partial charge in [0.25, 0.3) is 0 Å². The van der Waals surface area contributed by atoms with E-state index in [4.69, 9.17) is 4.74 Å². The summed E-state index contributed by atoms with van der Waals surface area (Å²) in [5.41, 5.74) is 2.37. The van der Waals surface area contributed by atoms with Crippen LogP contribution in [0, 0.1) is 0 Å². The average Bonchev–Trinajstić information content (AvgIpc) is 2.71. The Morgan fingerprint density at radius 2 is 1.57 bits per heavy atom. The molecule has 152 valence electrons. The van der Waals surface area contributed by atoms with Gasteiger partial charge >= 0.3 is 0 Å². The Morgan fingerprint density at radius 3 is 2.25 bits per heavy atom. The van der Waals surface area contributed by atoms with Gasteiger partial charge in [-0.3, -0.25) is 4.79 Å². The molecule has 1 aliphatic heterocycles. The third-order valence-electron chi connectivity index (χ3n) is 5.69. The maximum absolute atomic E-state index is 12.3. The van der Waals surface area contributed by atoms with E-state index in [-0.39, 0.29) is 24.0 Å². The van der Waals surface area contributed by atoms with Crippen molar-refractivity contribution in [3.63, 3.8) is 0 Å². The van der Waals surface area contributed by atoms with Crippen LogP contribution in [0.15, 0.2) is 54.6 Å². The van der Waals surface area contributed by atoms with Crippen molar-refractivity contribution in [1.29, 1.82) is 0 Å². The minimum absolute atomic E-state index is 0. The molecule has 2 aromatic carbocycles. The van der Waals surface area contributed by atoms with Gasteiger partial charge in [0.15, 0.2) is 0 Å². The quantitative estimate of drug-likeness (QED) is 0.394. The van der Waals surface area contributed by atoms with Gasteiger partial charge in [0.1, 0.15) is 18.1 Å². The van der Waals surface area contributed by atoms with E-state index in [1.54, 1.807) is 0 Å². The third kappa shape index (κ3) is 7.55. The van der Waals surface area contributed by atoms with Gasteiger partial charge in [0.05, 0.1) is 33.1 Å². The highest BCUT2D eigenvalue weighted by molar-refractivity contribution is 5.78. The van der Waals surface area contributed by atoms with Crippen molar-refractivity contribution >= 4 is 5.78 Å². The number of likely N-dealkylation sites (tertiary alicyclic amines) is 1. The molecular formula is C24H32INO2. The molecule has 0 saturated carbocycles. The molecule has 0 amide bonds. The van der Waals surface area contributed by atoms with E-state index in [1.165, 1.54) is 37.9 Å². The van der Waals surface area contributed by atoms with E-state index in [1.807, 2.05) is 30.3 Å². The van der Waals surface area contributed by atoms with Crippen molar-refractivity contribution in [2.75, 3.05) is 26.7 Å². The zero-order valence-corrected chi connectivity index (χ0v) is 19.1. The molecule has 2 aromatic rings. The molecule has 0 N–H and O–H groups in total. The second-order valence-corrected chi connectivity index (χ2v) is 8.06. The first-order valence-corrected chi connectivity index (χ1v) is 10.2. The number of ketones is 1. The molecule has 0 unspecified atom stereocenters. The van der Waals surface area contributed by atoms with E-state index in [0.29, 0.717) is 18.8 Å². The Morgan fingerprint density at radius 1 is 0.893 bits per heavy atom. The Balaban J connectivity index is 0.00000280. The Kier molecular flexibility index (Phi) is 9.45. The first kappa shape index (κ1) is 22.9. The van der Waals surface area contributed by atoms with Gasteiger partial charge in [-0.05, 0) is 48.9 Å². The van der Waals surface area contributed by atoms with Crippen LogP contribution in [-0.4, -0.2) is 36.9 Å². The fourth-order valence-electron chi connectivity index (χ4n) is 3.80. The Bertz CT molecular complexity index is 709. The molecule has 3 rings (SSSR count). The maximum atomic E-state index is 12.3. The molecule has 1 fully saturated rings. The van der Waals surface area contributed by atoms with Crippen LogP contribution >= 0.6 is 0 Å². The van der Waals surface area contributed by atoms with Gasteiger partial charge in [-0.2, -0.15) is 0 Å². The highest BCUT2D eigenvalue weighted by Gasteiger charge is 2.25. The predicted octanol–water partition coefficient (Wildman–Crippen LogP) is 1.79. The Labute approximate surface area is 186 Å². The number of ether oxygens (including phenoxy) is 1. The number of piperidine rings is 1. The van der Waals surface area contributed by atoms with Crippen molar-refractivity contribution in [3.8, 4) is 5.75 Å². The molecule has 0 aliphatic carbocycles. The number of carbonyl (C=O) groups excluding carboxylic acids is 1. The lowest BCUT2D eigenvalue weighted by Crippen LogP contribution is -3.00. The summed E-state index contributed by atoms with van der Waals surface area (Å²) in [5, 5.41) is 0. The van der Waals surface area contributed by atoms with Crippen molar-refractivity contribution < 1.29 is 38.0 Å². The van der Waals surface area contributed by atoms with Crippen molar-refractivity contribution in [3.05, 3.63) is 65.7 Å². The summed E-state index contributed by atoms with van der Waals surface area (Å²) in [6, 6.07) is 18.3. The minimum atomic E-state index is 0. The van der Waals surface area contributed by atoms with Gasteiger partial charge < -0.3 is 33.2 Å². The standard InChI is InChI=1S/C24H32NO2.HI/c1-25(17-6-3-7-18-25)19-16-23(26)13-10-21-11-14-24(15-12-21)27-20-22-8-4-2-5-9-22;/h2,4-5,8-9,11-12,14-15H,3,6-7,10,13,16-20H2,1H3;1H/q+1;/p-1. The van der Waals surface area contributed by atoms with Gasteiger partial charge in [0, 0.05) is 6.42 Å². The Hall–Kier alpha value is -1.40. The van der Waals surface area contributed by atoms with Crippen LogP contribution in [0.1, 0.15) is 43.2 Å². The number of Topliss-reactive ketones (excluding diaryl/α,β-unsaturated/α-hetero) is 1. The second-order valence-electron chi connectivity index (χ2n) is 8.06. The molecule has 4 heteroatoms. The van der Waals surface area contributed by atoms with Gasteiger partial charge in [-0.25, -0.2) is 0 Å². The van der Waals surface area contributed by atoms with Crippen LogP contribution in [-0.2, 0) is 17.8 Å². The van der Waals surface area contributed by atoms with Gasteiger partial charge in [-0.15, -0.1) is 0 Å². The number of benzene rings is 2. The molecule has 1 aliphatic rings. The van der Waals surface area contributed by atoms with Crippen molar-refractivity contribution in [2.45, 2.75) is 45.1 Å². The number of quaternary nitrogens is 1. The molecule has 0 bridgehead atoms. The topological polar surface area (TPSA) is 26.3 Å². The molecule has 0 atom stereocenters. The zero-order chi connectivity index (χ0) is 19.0. The first-order chi connectivity index (χ1) is 13.1. The number of hydrogen-bond donors (Lipinski definition) is 0. The summed E-state index contributed by atoms with van der Waals surface area (Å²) in [5.74, 6) is 1.26. The number of nitrogens with zero attached hydrogens (tertiary/aromatic N) is 1. The summed E-state index contributed by atoms with van der Waals surface area (Å²) in [6.45, 7) is 4.05. The smallest absolute Gasteiger partial charge is 0.138 e. The largest absolute Gasteiger partial charge is 1.00 e. The highest BCUT2D eigenvalue weighted by atomic mass is 127. The number of halogens is 1. The highest BCUT2D eigenvalue weighted by Crippen LogP contribution is 2.18. The van der Waals surface area contributed by atoms with Crippen LogP contribution in [0.5, 0.6) is 5.75 Å². The molecule has 0 spiro atoms. The van der Waals surface area contributed by atoms with Crippen LogP contribution < -0.4 is 28.7 Å². The maximum Gasteiger partial charge on any atom is 0.138 e. The molecule has 3 nitrogen and oxygen atoms in total. The van der Waals surface area contributed by atoms with Gasteiger partial charge in [-0.1, -0.05) is 42.5 Å². The molecule has 1 heterocycles. The lowest BCUT2D eigenvalue weighted by molar-refractivity contribution is -0.913. The fourth-order valence-corrected chi connectivity index (χ4v) is 3.80. The minimum Gasteiger partial charge on any atom is -1.00 e. The number of rotatable bonds is 9. The summed E-state index contributed by atoms with van der Waals surface area (Å²) in [7, 11) is 2.31. The fraction of sp³-hybridized carbons (Fsp3) is 0.458. The molecule has 1 saturated heterocycles. The van der Waals surface area contributed by atoms with Crippen LogP contribution in [0.25, 0.3) is 0 Å². The number of carbonyl (C=O) groups is 1. The van der Waals surface area contributed by atoms with Gasteiger partial charge in [0.2, 0.25) is 0 Å². The number of hydrogen-bond acceptors (Lipinski definition) is 2. The van der Waals surface area contributed by atoms with Crippen molar-refractivity contribution in [1.82, 2.24) is 0 Å². The van der Waals surface area contributed by atoms with Crippen molar-refractivity contribution in [2.24, 2.45) is 0 Å². The summed E-state index contributed by atoms with van der Waals surface area (Å²) in [4.78, 5) is 12.3.